The third kappa shape index (κ3) is 9.63. The van der Waals surface area contributed by atoms with E-state index in [0.29, 0.717) is 0 Å². The number of rotatable bonds is 7. The normalized spacial score (nSPS) is 12.9. The van der Waals surface area contributed by atoms with Gasteiger partial charge in [0.1, 0.15) is 0 Å². The van der Waals surface area contributed by atoms with Gasteiger partial charge in [-0.25, -0.2) is 4.99 Å². The first-order valence-corrected chi connectivity index (χ1v) is 15.2. The Morgan fingerprint density at radius 3 is 2.27 bits per heavy atom. The van der Waals surface area contributed by atoms with E-state index in [1.807, 2.05) is 0 Å². The van der Waals surface area contributed by atoms with Crippen LogP contribution in [0, 0.1) is 0 Å². The summed E-state index contributed by atoms with van der Waals surface area (Å²) in [4.78, 5) is 4.54. The van der Waals surface area contributed by atoms with Crippen molar-refractivity contribution in [2.75, 3.05) is 0 Å². The topological polar surface area (TPSA) is 12.4 Å². The SMILES string of the molecule is CC1=CC2=CC(C=[Si](C)C)=NC2=C1.CCCCCCc1ccc(-c2cc3ccccc3[cH-]2)cc1.[Cl-].[Cl-].[Zr+3]. The maximum atomic E-state index is 4.54. The first-order chi connectivity index (χ1) is 16.5. The number of allylic oxidation sites excluding steroid dienone is 4. The molecule has 0 fully saturated rings. The molecule has 0 saturated carbocycles. The molecule has 2 aliphatic rings. The Morgan fingerprint density at radius 2 is 1.62 bits per heavy atom. The summed E-state index contributed by atoms with van der Waals surface area (Å²) in [7, 11) is -0.310. The van der Waals surface area contributed by atoms with Crippen LogP contribution >= 0.6 is 0 Å². The van der Waals surface area contributed by atoms with Gasteiger partial charge in [0.05, 0.1) is 11.4 Å². The van der Waals surface area contributed by atoms with Gasteiger partial charge in [-0.1, -0.05) is 93.0 Å². The average molecular weight is 625 g/mol. The molecule has 0 spiro atoms. The summed E-state index contributed by atoms with van der Waals surface area (Å²) in [5.41, 5.74) is 11.3. The van der Waals surface area contributed by atoms with Crippen molar-refractivity contribution < 1.29 is 51.0 Å². The van der Waals surface area contributed by atoms with E-state index in [2.05, 4.69) is 116 Å². The van der Waals surface area contributed by atoms with Crippen molar-refractivity contribution in [1.29, 1.82) is 0 Å². The van der Waals surface area contributed by atoms with E-state index >= 15 is 0 Å². The summed E-state index contributed by atoms with van der Waals surface area (Å²) >= 11 is 0. The minimum atomic E-state index is -0.310. The van der Waals surface area contributed by atoms with Crippen LogP contribution in [0.1, 0.15) is 45.1 Å². The first kappa shape index (κ1) is 33.5. The number of aliphatic imine (C=N–C) groups is 1. The van der Waals surface area contributed by atoms with Crippen LogP contribution in [-0.2, 0) is 32.6 Å². The van der Waals surface area contributed by atoms with Gasteiger partial charge in [0.2, 0.25) is 0 Å². The molecular weight excluding hydrogens is 589 g/mol. The van der Waals surface area contributed by atoms with Crippen molar-refractivity contribution in [3.05, 3.63) is 101 Å². The van der Waals surface area contributed by atoms with Gasteiger partial charge in [-0.15, -0.1) is 34.5 Å². The van der Waals surface area contributed by atoms with Gasteiger partial charge in [0, 0.05) is 14.0 Å². The maximum absolute atomic E-state index is 4.54. The number of hydrogen-bond acceptors (Lipinski definition) is 1. The Labute approximate surface area is 256 Å². The van der Waals surface area contributed by atoms with Crippen molar-refractivity contribution in [3.8, 4) is 11.1 Å². The summed E-state index contributed by atoms with van der Waals surface area (Å²) in [5.74, 6) is 0. The minimum Gasteiger partial charge on any atom is -1.00 e. The molecule has 1 aliphatic heterocycles. The predicted molar refractivity (Wildman–Crippen MR) is 154 cm³/mol. The standard InChI is InChI=1S/C21H23.C11H13NSi.2ClH.Zr/c1-2-3-4-5-8-17-11-13-18(14-12-17)21-15-19-9-6-7-10-20(19)16-21;1-8-4-9-6-10(7-13(2)3)12-11(9)5-8;;;/h6-7,9-16H,2-5,8H2,1H3;4-7H,1-3H3;2*1H;/q-1;;;;+3/p-2. The van der Waals surface area contributed by atoms with Crippen molar-refractivity contribution in [3.63, 3.8) is 0 Å². The fraction of sp³-hybridized carbons (Fsp3) is 0.281. The second-order valence-electron chi connectivity index (χ2n) is 9.66. The fourth-order valence-corrected chi connectivity index (χ4v) is 5.25. The quantitative estimate of drug-likeness (QED) is 0.218. The molecule has 0 bridgehead atoms. The van der Waals surface area contributed by atoms with E-state index in [-0.39, 0.29) is 59.4 Å². The van der Waals surface area contributed by atoms with Crippen molar-refractivity contribution >= 4 is 30.6 Å². The molecule has 1 aliphatic carbocycles. The van der Waals surface area contributed by atoms with Crippen LogP contribution in [0.25, 0.3) is 21.9 Å². The molecule has 0 amide bonds. The molecule has 5 heteroatoms. The summed E-state index contributed by atoms with van der Waals surface area (Å²) in [6.07, 6.45) is 13.1. The Morgan fingerprint density at radius 1 is 0.892 bits per heavy atom. The molecule has 0 atom stereocenters. The molecule has 37 heavy (non-hydrogen) atoms. The van der Waals surface area contributed by atoms with E-state index in [1.165, 1.54) is 70.7 Å². The molecule has 1 radical (unpaired) electrons. The second-order valence-corrected chi connectivity index (χ2v) is 12.1. The Bertz CT molecular complexity index is 1270. The van der Waals surface area contributed by atoms with Gasteiger partial charge >= 0.3 is 26.2 Å². The van der Waals surface area contributed by atoms with E-state index < -0.39 is 0 Å². The zero-order valence-corrected chi connectivity index (χ0v) is 27.3. The van der Waals surface area contributed by atoms with Crippen LogP contribution < -0.4 is 24.8 Å². The molecule has 1 heterocycles. The maximum Gasteiger partial charge on any atom is 3.00 e. The summed E-state index contributed by atoms with van der Waals surface area (Å²) in [5, 5.41) is 2.66. The summed E-state index contributed by atoms with van der Waals surface area (Å²) in [6, 6.07) is 22.3. The fourth-order valence-electron chi connectivity index (χ4n) is 4.51. The molecule has 3 aromatic carbocycles. The number of benzene rings is 2. The van der Waals surface area contributed by atoms with Crippen LogP contribution in [0.3, 0.4) is 0 Å². The number of fused-ring (bicyclic) bond motifs is 2. The zero-order valence-electron chi connectivity index (χ0n) is 22.3. The van der Waals surface area contributed by atoms with E-state index in [4.69, 9.17) is 0 Å². The van der Waals surface area contributed by atoms with Crippen LogP contribution in [0.5, 0.6) is 0 Å². The van der Waals surface area contributed by atoms with Crippen LogP contribution in [0.15, 0.2) is 101 Å². The molecule has 5 rings (SSSR count). The number of halogens is 2. The van der Waals surface area contributed by atoms with Crippen LogP contribution in [0.4, 0.5) is 0 Å². The van der Waals surface area contributed by atoms with E-state index in [0.717, 1.165) is 11.4 Å². The zero-order chi connectivity index (χ0) is 23.9. The van der Waals surface area contributed by atoms with E-state index in [1.54, 1.807) is 0 Å². The monoisotopic (exact) mass is 622 g/mol. The largest absolute Gasteiger partial charge is 3.00 e. The smallest absolute Gasteiger partial charge is 1.00 e. The summed E-state index contributed by atoms with van der Waals surface area (Å²) < 4.78 is 0. The van der Waals surface area contributed by atoms with Gasteiger partial charge in [0.15, 0.2) is 0 Å². The third-order valence-corrected chi connectivity index (χ3v) is 7.13. The second kappa shape index (κ2) is 16.5. The number of unbranched alkanes of at least 4 members (excludes halogenated alkanes) is 3. The van der Waals surface area contributed by atoms with Gasteiger partial charge in [-0.2, -0.15) is 0 Å². The van der Waals surface area contributed by atoms with Gasteiger partial charge < -0.3 is 24.8 Å². The average Bonchev–Trinajstić information content (AvgIpc) is 3.49. The van der Waals surface area contributed by atoms with Crippen LogP contribution in [0.2, 0.25) is 13.1 Å². The summed E-state index contributed by atoms with van der Waals surface area (Å²) in [6.45, 7) is 8.92. The molecule has 1 nitrogen and oxygen atoms in total. The number of hydrogen-bond donors (Lipinski definition) is 0. The predicted octanol–water partition coefficient (Wildman–Crippen LogP) is 2.70. The molecule has 3 aromatic rings. The molecular formula is C32H36Cl2NSiZr. The Hall–Kier alpha value is -1.51. The molecule has 0 unspecified atom stereocenters. The molecule has 0 N–H and O–H groups in total. The van der Waals surface area contributed by atoms with Gasteiger partial charge in [-0.3, -0.25) is 0 Å². The van der Waals surface area contributed by atoms with Gasteiger partial charge in [0.25, 0.3) is 0 Å². The molecule has 0 saturated heterocycles. The van der Waals surface area contributed by atoms with Crippen molar-refractivity contribution in [1.82, 2.24) is 0 Å². The Kier molecular flexibility index (Phi) is 14.9. The molecule has 191 valence electrons. The third-order valence-electron chi connectivity index (χ3n) is 6.26. The van der Waals surface area contributed by atoms with Crippen LogP contribution in [-0.4, -0.2) is 19.8 Å². The minimum absolute atomic E-state index is 0. The first-order valence-electron chi connectivity index (χ1n) is 12.6. The van der Waals surface area contributed by atoms with Gasteiger partial charge in [-0.05, 0) is 49.1 Å². The number of nitrogens with zero attached hydrogens (tertiary/aromatic N) is 1. The number of aryl methyl sites for hydroxylation is 1. The van der Waals surface area contributed by atoms with E-state index in [9.17, 15) is 0 Å². The van der Waals surface area contributed by atoms with Crippen molar-refractivity contribution in [2.24, 2.45) is 4.99 Å². The van der Waals surface area contributed by atoms with Crippen molar-refractivity contribution in [2.45, 2.75) is 59.0 Å². The molecule has 0 aromatic heterocycles. The Balaban J connectivity index is 0.000000374.